The maximum Gasteiger partial charge on any atom is 0.317 e. The Labute approximate surface area is 186 Å². The van der Waals surface area contributed by atoms with Gasteiger partial charge in [0.2, 0.25) is 5.91 Å². The molecule has 178 valence electrons. The van der Waals surface area contributed by atoms with E-state index in [0.717, 1.165) is 19.3 Å². The van der Waals surface area contributed by atoms with Crippen molar-refractivity contribution in [3.63, 3.8) is 0 Å². The zero-order valence-electron chi connectivity index (χ0n) is 19.8. The molecule has 0 rings (SSSR count). The summed E-state index contributed by atoms with van der Waals surface area (Å²) in [5.41, 5.74) is 0. The van der Waals surface area contributed by atoms with E-state index in [4.69, 9.17) is 0 Å². The molecule has 0 heterocycles. The molecule has 0 spiro atoms. The average molecular weight is 446 g/mol. The Bertz CT molecular complexity index is 460. The van der Waals surface area contributed by atoms with Gasteiger partial charge in [-0.25, -0.2) is 9.13 Å². The normalized spacial score (nSPS) is 12.1. The summed E-state index contributed by atoms with van der Waals surface area (Å²) < 4.78 is 21.7. The van der Waals surface area contributed by atoms with Crippen LogP contribution in [0.4, 0.5) is 0 Å². The number of carbonyl (C=O) groups excluding carboxylic acids is 1. The second-order valence-electron chi connectivity index (χ2n) is 8.68. The van der Waals surface area contributed by atoms with Crippen LogP contribution in [-0.2, 0) is 13.9 Å². The predicted octanol–water partition coefficient (Wildman–Crippen LogP) is 7.02. The van der Waals surface area contributed by atoms with Crippen LogP contribution >= 0.6 is 7.68 Å². The molecule has 1 atom stereocenters. The average Bonchev–Trinajstić information content (AvgIpc) is 2.71. The van der Waals surface area contributed by atoms with Gasteiger partial charge in [-0.2, -0.15) is 0 Å². The molecule has 0 fully saturated rings. The summed E-state index contributed by atoms with van der Waals surface area (Å²) in [4.78, 5) is 13.6. The van der Waals surface area contributed by atoms with Crippen LogP contribution in [0.3, 0.4) is 0 Å². The van der Waals surface area contributed by atoms with Crippen LogP contribution in [0.1, 0.15) is 123 Å². The maximum atomic E-state index is 12.1. The molecular formula is C24H48NO4P. The Kier molecular flexibility index (Phi) is 21.1. The highest BCUT2D eigenvalue weighted by atomic mass is 31.1. The summed E-state index contributed by atoms with van der Waals surface area (Å²) in [5, 5.41) is 10.2. The lowest BCUT2D eigenvalue weighted by Gasteiger charge is -2.24. The Morgan fingerprint density at radius 3 is 1.67 bits per heavy atom. The summed E-state index contributed by atoms with van der Waals surface area (Å²) >= 11 is 0. The number of amides is 1. The quantitative estimate of drug-likeness (QED) is 0.143. The van der Waals surface area contributed by atoms with Gasteiger partial charge < -0.3 is 10.0 Å². The summed E-state index contributed by atoms with van der Waals surface area (Å²) in [5.74, 6) is -0.0608. The van der Waals surface area contributed by atoms with E-state index in [2.05, 4.69) is 6.92 Å². The smallest absolute Gasteiger partial charge is 0.317 e. The van der Waals surface area contributed by atoms with Crippen molar-refractivity contribution in [3.8, 4) is 0 Å². The van der Waals surface area contributed by atoms with Gasteiger partial charge in [0.25, 0.3) is 0 Å². The van der Waals surface area contributed by atoms with Gasteiger partial charge in [-0.1, -0.05) is 104 Å². The Morgan fingerprint density at radius 1 is 0.767 bits per heavy atom. The first-order valence-electron chi connectivity index (χ1n) is 12.6. The second-order valence-corrected chi connectivity index (χ2v) is 9.80. The van der Waals surface area contributed by atoms with Crippen LogP contribution in [0.5, 0.6) is 0 Å². The fourth-order valence-corrected chi connectivity index (χ4v) is 4.22. The zero-order chi connectivity index (χ0) is 22.5. The van der Waals surface area contributed by atoms with Gasteiger partial charge in [0.1, 0.15) is 0 Å². The van der Waals surface area contributed by atoms with Gasteiger partial charge in [-0.3, -0.25) is 4.79 Å². The van der Waals surface area contributed by atoms with Crippen LogP contribution in [0.2, 0.25) is 0 Å². The van der Waals surface area contributed by atoms with Crippen molar-refractivity contribution in [3.05, 3.63) is 0 Å². The lowest BCUT2D eigenvalue weighted by Crippen LogP contribution is -2.38. The van der Waals surface area contributed by atoms with E-state index in [9.17, 15) is 19.0 Å². The summed E-state index contributed by atoms with van der Waals surface area (Å²) in [6.45, 7) is 4.62. The lowest BCUT2D eigenvalue weighted by atomic mass is 10.0. The molecule has 0 aliphatic carbocycles. The van der Waals surface area contributed by atoms with Crippen LogP contribution in [0.25, 0.3) is 0 Å². The molecule has 0 saturated heterocycles. The third kappa shape index (κ3) is 19.3. The molecule has 0 aromatic heterocycles. The molecule has 1 amide bonds. The van der Waals surface area contributed by atoms with Crippen molar-refractivity contribution in [2.75, 3.05) is 19.3 Å². The van der Waals surface area contributed by atoms with Gasteiger partial charge in [-0.15, -0.1) is 0 Å². The molecule has 0 radical (unpaired) electrons. The lowest BCUT2D eigenvalue weighted by molar-refractivity contribution is -0.132. The molecule has 0 aliphatic heterocycles. The minimum atomic E-state index is -2.50. The van der Waals surface area contributed by atoms with Gasteiger partial charge in [-0.05, 0) is 12.8 Å². The van der Waals surface area contributed by atoms with Gasteiger partial charge in [0, 0.05) is 19.5 Å². The van der Waals surface area contributed by atoms with E-state index in [1.54, 1.807) is 0 Å². The first-order chi connectivity index (χ1) is 14.5. The molecule has 30 heavy (non-hydrogen) atoms. The Morgan fingerprint density at radius 2 is 1.23 bits per heavy atom. The van der Waals surface area contributed by atoms with E-state index < -0.39 is 13.8 Å². The van der Waals surface area contributed by atoms with Crippen molar-refractivity contribution in [1.29, 1.82) is 0 Å². The number of nitrogens with zero attached hydrogens (tertiary/aromatic N) is 1. The third-order valence-electron chi connectivity index (χ3n) is 5.69. The van der Waals surface area contributed by atoms with E-state index in [0.29, 0.717) is 12.8 Å². The van der Waals surface area contributed by atoms with Crippen molar-refractivity contribution in [2.24, 2.45) is 0 Å². The summed E-state index contributed by atoms with van der Waals surface area (Å²) in [7, 11) is -2.50. The second kappa shape index (κ2) is 21.6. The van der Waals surface area contributed by atoms with Crippen LogP contribution < -0.4 is 0 Å². The highest BCUT2D eigenvalue weighted by Crippen LogP contribution is 2.14. The molecule has 1 unspecified atom stereocenters. The van der Waals surface area contributed by atoms with Crippen molar-refractivity contribution >= 4 is 13.6 Å². The number of hydrogen-bond donors (Lipinski definition) is 1. The molecule has 0 aromatic carbocycles. The Balaban J connectivity index is 3.66. The van der Waals surface area contributed by atoms with E-state index in [1.807, 2.05) is 6.92 Å². The van der Waals surface area contributed by atoms with Gasteiger partial charge >= 0.3 is 7.68 Å². The summed E-state index contributed by atoms with van der Waals surface area (Å²) in [6, 6.07) is 0. The van der Waals surface area contributed by atoms with Crippen LogP contribution in [-0.4, -0.2) is 41.3 Å². The number of rotatable bonds is 22. The number of unbranched alkanes of at least 4 members (excludes halogenated alkanes) is 13. The molecule has 5 nitrogen and oxygen atoms in total. The SMILES string of the molecule is CCCCCCCCCCCCCCCCC(O)CN(CCP(=O)=O)C(=O)CCC. The first kappa shape index (κ1) is 29.3. The van der Waals surface area contributed by atoms with Crippen molar-refractivity contribution in [2.45, 2.75) is 129 Å². The molecule has 1 N–H and O–H groups in total. The molecule has 0 bridgehead atoms. The van der Waals surface area contributed by atoms with Gasteiger partial charge in [0.15, 0.2) is 0 Å². The van der Waals surface area contributed by atoms with Crippen LogP contribution in [0, 0.1) is 0 Å². The topological polar surface area (TPSA) is 74.7 Å². The molecular weight excluding hydrogens is 397 g/mol. The Hall–Kier alpha value is -0.670. The third-order valence-corrected chi connectivity index (χ3v) is 6.26. The first-order valence-corrected chi connectivity index (χ1v) is 13.9. The van der Waals surface area contributed by atoms with Crippen molar-refractivity contribution < 1.29 is 19.0 Å². The fourth-order valence-electron chi connectivity index (χ4n) is 3.81. The van der Waals surface area contributed by atoms with Crippen molar-refractivity contribution in [1.82, 2.24) is 4.90 Å². The molecule has 0 aromatic rings. The molecule has 0 saturated carbocycles. The largest absolute Gasteiger partial charge is 0.391 e. The number of carbonyl (C=O) groups is 1. The van der Waals surface area contributed by atoms with E-state index >= 15 is 0 Å². The summed E-state index contributed by atoms with van der Waals surface area (Å²) in [6.07, 6.45) is 19.5. The molecule has 0 aliphatic rings. The standard InChI is InChI=1S/C24H48NO4P/c1-3-5-6-7-8-9-10-11-12-13-14-15-16-17-19-23(26)22-25(20-21-30(28)29)24(27)18-4-2/h23,26H,3-22H2,1-2H3. The maximum absolute atomic E-state index is 12.1. The minimum Gasteiger partial charge on any atom is -0.391 e. The zero-order valence-corrected chi connectivity index (χ0v) is 20.7. The predicted molar refractivity (Wildman–Crippen MR) is 126 cm³/mol. The van der Waals surface area contributed by atoms with Crippen LogP contribution in [0.15, 0.2) is 0 Å². The van der Waals surface area contributed by atoms with E-state index in [1.165, 1.54) is 81.9 Å². The fraction of sp³-hybridized carbons (Fsp3) is 0.958. The van der Waals surface area contributed by atoms with Gasteiger partial charge in [0.05, 0.1) is 12.3 Å². The number of hydrogen-bond acceptors (Lipinski definition) is 4. The highest BCUT2D eigenvalue weighted by Gasteiger charge is 2.17. The number of aliphatic hydroxyl groups excluding tert-OH is 1. The molecule has 6 heteroatoms. The monoisotopic (exact) mass is 445 g/mol. The van der Waals surface area contributed by atoms with E-state index in [-0.39, 0.29) is 25.2 Å². The highest BCUT2D eigenvalue weighted by molar-refractivity contribution is 7.30. The number of aliphatic hydroxyl groups is 1. The minimum absolute atomic E-state index is 0.0314.